The van der Waals surface area contributed by atoms with Crippen LogP contribution in [0.1, 0.15) is 49.9 Å². The number of rotatable bonds is 9. The third kappa shape index (κ3) is 5.54. The zero-order chi connectivity index (χ0) is 25.3. The lowest BCUT2D eigenvalue weighted by Gasteiger charge is -2.44. The summed E-state index contributed by atoms with van der Waals surface area (Å²) < 4.78 is 56.2. The third-order valence-electron chi connectivity index (χ3n) is 6.44. The summed E-state index contributed by atoms with van der Waals surface area (Å²) in [4.78, 5) is 12.4. The normalized spacial score (nSPS) is 20.1. The van der Waals surface area contributed by atoms with Crippen molar-refractivity contribution >= 4 is 11.5 Å². The van der Waals surface area contributed by atoms with E-state index in [0.29, 0.717) is 12.8 Å². The molecule has 2 aromatic carbocycles. The topological polar surface area (TPSA) is 59.0 Å². The van der Waals surface area contributed by atoms with Gasteiger partial charge in [-0.3, -0.25) is 4.90 Å². The minimum absolute atomic E-state index is 0.0205. The number of halogens is 3. The van der Waals surface area contributed by atoms with Crippen LogP contribution in [0, 0.1) is 11.6 Å². The van der Waals surface area contributed by atoms with Crippen molar-refractivity contribution in [1.29, 1.82) is 0 Å². The van der Waals surface area contributed by atoms with Gasteiger partial charge in [0.15, 0.2) is 0 Å². The summed E-state index contributed by atoms with van der Waals surface area (Å²) in [6.45, 7) is 4.37. The molecule has 0 spiro atoms. The van der Waals surface area contributed by atoms with E-state index in [9.17, 15) is 9.18 Å². The SMILES string of the molecule is C[C@@H]1CC2=C(Cc3ccccc32)[C@@H](c2c(F)cc(OCCOCC(=O)O)cc2F)N1CC(C)(C)F. The largest absolute Gasteiger partial charge is 0.491 e. The smallest absolute Gasteiger partial charge is 0.329 e. The number of carbonyl (C=O) groups is 1. The van der Waals surface area contributed by atoms with Gasteiger partial charge in [0.2, 0.25) is 0 Å². The van der Waals surface area contributed by atoms with Gasteiger partial charge in [-0.05, 0) is 55.9 Å². The summed E-state index contributed by atoms with van der Waals surface area (Å²) in [5, 5.41) is 8.59. The van der Waals surface area contributed by atoms with Crippen LogP contribution in [0.25, 0.3) is 5.57 Å². The van der Waals surface area contributed by atoms with E-state index in [0.717, 1.165) is 34.4 Å². The fourth-order valence-corrected chi connectivity index (χ4v) is 5.13. The molecule has 2 aromatic rings. The molecule has 1 N–H and O–H groups in total. The maximum atomic E-state index is 15.5. The molecule has 1 aliphatic heterocycles. The average molecular weight is 490 g/mol. The van der Waals surface area contributed by atoms with E-state index in [4.69, 9.17) is 14.6 Å². The molecule has 0 aromatic heterocycles. The number of carboxylic acid groups (broad SMARTS) is 1. The number of aliphatic carboxylic acids is 1. The van der Waals surface area contributed by atoms with Crippen molar-refractivity contribution < 1.29 is 32.5 Å². The van der Waals surface area contributed by atoms with Gasteiger partial charge in [-0.1, -0.05) is 24.3 Å². The van der Waals surface area contributed by atoms with E-state index in [2.05, 4.69) is 0 Å². The van der Waals surface area contributed by atoms with Crippen LogP contribution >= 0.6 is 0 Å². The van der Waals surface area contributed by atoms with Crippen molar-refractivity contribution in [3.63, 3.8) is 0 Å². The van der Waals surface area contributed by atoms with Crippen LogP contribution in [-0.2, 0) is 16.0 Å². The predicted octanol–water partition coefficient (Wildman–Crippen LogP) is 5.34. The zero-order valence-corrected chi connectivity index (χ0v) is 20.1. The number of hydrogen-bond donors (Lipinski definition) is 1. The molecule has 4 rings (SSSR count). The third-order valence-corrected chi connectivity index (χ3v) is 6.44. The van der Waals surface area contributed by atoms with Crippen molar-refractivity contribution in [3.05, 3.63) is 70.3 Å². The second-order valence-corrected chi connectivity index (χ2v) is 9.78. The highest BCUT2D eigenvalue weighted by atomic mass is 19.1. The second kappa shape index (κ2) is 10.0. The Labute approximate surface area is 203 Å². The highest BCUT2D eigenvalue weighted by molar-refractivity contribution is 5.79. The summed E-state index contributed by atoms with van der Waals surface area (Å²) in [6, 6.07) is 9.34. The average Bonchev–Trinajstić information content (AvgIpc) is 3.12. The predicted molar refractivity (Wildman–Crippen MR) is 126 cm³/mol. The molecule has 0 saturated carbocycles. The molecule has 1 aliphatic carbocycles. The van der Waals surface area contributed by atoms with Crippen LogP contribution in [0.3, 0.4) is 0 Å². The monoisotopic (exact) mass is 489 g/mol. The molecule has 0 fully saturated rings. The summed E-state index contributed by atoms with van der Waals surface area (Å²) in [5.74, 6) is -2.67. The minimum atomic E-state index is -1.55. The van der Waals surface area contributed by atoms with E-state index >= 15 is 8.78 Å². The first-order valence-electron chi connectivity index (χ1n) is 11.7. The van der Waals surface area contributed by atoms with Gasteiger partial charge in [0.05, 0.1) is 12.6 Å². The minimum Gasteiger partial charge on any atom is -0.491 e. The van der Waals surface area contributed by atoms with Crippen LogP contribution in [-0.4, -0.2) is 54.1 Å². The van der Waals surface area contributed by atoms with Gasteiger partial charge in [0, 0.05) is 30.3 Å². The molecule has 0 amide bonds. The number of carboxylic acids is 1. The van der Waals surface area contributed by atoms with Crippen LogP contribution in [0.2, 0.25) is 0 Å². The number of nitrogens with zero attached hydrogens (tertiary/aromatic N) is 1. The van der Waals surface area contributed by atoms with Gasteiger partial charge in [-0.25, -0.2) is 18.0 Å². The number of ether oxygens (including phenoxy) is 2. The fourth-order valence-electron chi connectivity index (χ4n) is 5.13. The van der Waals surface area contributed by atoms with Crippen molar-refractivity contribution in [2.24, 2.45) is 0 Å². The van der Waals surface area contributed by atoms with E-state index in [1.54, 1.807) is 0 Å². The maximum Gasteiger partial charge on any atom is 0.329 e. The molecule has 2 atom stereocenters. The quantitative estimate of drug-likeness (QED) is 0.482. The molecule has 188 valence electrons. The molecule has 5 nitrogen and oxygen atoms in total. The van der Waals surface area contributed by atoms with Crippen LogP contribution in [0.5, 0.6) is 5.75 Å². The van der Waals surface area contributed by atoms with Crippen molar-refractivity contribution in [3.8, 4) is 5.75 Å². The van der Waals surface area contributed by atoms with Crippen molar-refractivity contribution in [2.45, 2.75) is 51.4 Å². The number of hydrogen-bond acceptors (Lipinski definition) is 4. The van der Waals surface area contributed by atoms with Gasteiger partial charge in [-0.2, -0.15) is 0 Å². The van der Waals surface area contributed by atoms with Gasteiger partial charge in [-0.15, -0.1) is 0 Å². The van der Waals surface area contributed by atoms with E-state index in [1.165, 1.54) is 13.8 Å². The van der Waals surface area contributed by atoms with Gasteiger partial charge < -0.3 is 14.6 Å². The first kappa shape index (κ1) is 25.3. The standard InChI is InChI=1S/C27H30F3NO4/c1-16-10-20-19-7-5-4-6-17(19)11-21(20)26(31(16)15-27(2,3)30)25-22(28)12-18(13-23(25)29)35-9-8-34-14-24(32)33/h4-7,12-13,16,26H,8-11,14-15H2,1-3H3,(H,32,33)/t16-,26+/m1/s1. The zero-order valence-electron chi connectivity index (χ0n) is 20.1. The first-order chi connectivity index (χ1) is 16.5. The number of fused-ring (bicyclic) bond motifs is 2. The molecule has 0 radical (unpaired) electrons. The van der Waals surface area contributed by atoms with E-state index in [-0.39, 0.29) is 37.1 Å². The number of benzene rings is 2. The molecule has 1 heterocycles. The lowest BCUT2D eigenvalue weighted by molar-refractivity contribution is -0.142. The highest BCUT2D eigenvalue weighted by Gasteiger charge is 2.42. The fraction of sp³-hybridized carbons (Fsp3) is 0.444. The summed E-state index contributed by atoms with van der Waals surface area (Å²) in [7, 11) is 0. The van der Waals surface area contributed by atoms with E-state index in [1.807, 2.05) is 36.1 Å². The Balaban J connectivity index is 1.67. The Morgan fingerprint density at radius 3 is 2.51 bits per heavy atom. The molecule has 35 heavy (non-hydrogen) atoms. The van der Waals surface area contributed by atoms with Gasteiger partial charge >= 0.3 is 5.97 Å². The van der Waals surface area contributed by atoms with Crippen molar-refractivity contribution in [2.75, 3.05) is 26.4 Å². The summed E-state index contributed by atoms with van der Waals surface area (Å²) in [6.07, 6.45) is 1.24. The highest BCUT2D eigenvalue weighted by Crippen LogP contribution is 2.50. The Hall–Kier alpha value is -2.84. The molecule has 0 bridgehead atoms. The Kier molecular flexibility index (Phi) is 7.24. The number of alkyl halides is 1. The van der Waals surface area contributed by atoms with Crippen LogP contribution < -0.4 is 4.74 Å². The second-order valence-electron chi connectivity index (χ2n) is 9.78. The molecule has 8 heteroatoms. The summed E-state index contributed by atoms with van der Waals surface area (Å²) >= 11 is 0. The molecule has 0 saturated heterocycles. The van der Waals surface area contributed by atoms with Crippen LogP contribution in [0.4, 0.5) is 13.2 Å². The molecular weight excluding hydrogens is 459 g/mol. The summed E-state index contributed by atoms with van der Waals surface area (Å²) in [5.41, 5.74) is 2.53. The lowest BCUT2D eigenvalue weighted by Crippen LogP contribution is -2.47. The molecule has 0 unspecified atom stereocenters. The van der Waals surface area contributed by atoms with Gasteiger partial charge in [0.25, 0.3) is 0 Å². The van der Waals surface area contributed by atoms with Crippen molar-refractivity contribution in [1.82, 2.24) is 4.90 Å². The van der Waals surface area contributed by atoms with Gasteiger partial charge in [0.1, 0.15) is 36.3 Å². The Morgan fingerprint density at radius 1 is 1.17 bits per heavy atom. The Morgan fingerprint density at radius 2 is 1.86 bits per heavy atom. The lowest BCUT2D eigenvalue weighted by atomic mass is 9.84. The van der Waals surface area contributed by atoms with Crippen LogP contribution in [0.15, 0.2) is 42.0 Å². The molecule has 2 aliphatic rings. The molecular formula is C27H30F3NO4. The first-order valence-corrected chi connectivity index (χ1v) is 11.7. The Bertz CT molecular complexity index is 1120. The van der Waals surface area contributed by atoms with E-state index < -0.39 is 35.9 Å². The maximum absolute atomic E-state index is 15.5.